The van der Waals surface area contributed by atoms with Gasteiger partial charge in [0.25, 0.3) is 0 Å². The van der Waals surface area contributed by atoms with E-state index in [1.807, 2.05) is 12.4 Å². The molecule has 0 amide bonds. The molecule has 0 saturated carbocycles. The predicted octanol–water partition coefficient (Wildman–Crippen LogP) is 0.797. The maximum absolute atomic E-state index is 5.59. The summed E-state index contributed by atoms with van der Waals surface area (Å²) in [6.07, 6.45) is 3.77. The Bertz CT molecular complexity index is 304. The van der Waals surface area contributed by atoms with Crippen LogP contribution in [-0.2, 0) is 11.3 Å². The van der Waals surface area contributed by atoms with E-state index in [4.69, 9.17) is 10.5 Å². The molecule has 1 heterocycles. The molecule has 16 heavy (non-hydrogen) atoms. The summed E-state index contributed by atoms with van der Waals surface area (Å²) >= 11 is 0. The van der Waals surface area contributed by atoms with Crippen molar-refractivity contribution in [3.8, 4) is 0 Å². The van der Waals surface area contributed by atoms with E-state index in [1.54, 1.807) is 7.11 Å². The number of nitrogens with zero attached hydrogens (tertiary/aromatic N) is 2. The zero-order valence-electron chi connectivity index (χ0n) is 10.1. The van der Waals surface area contributed by atoms with E-state index in [0.29, 0.717) is 6.54 Å². The van der Waals surface area contributed by atoms with E-state index in [1.165, 1.54) is 11.1 Å². The highest BCUT2D eigenvalue weighted by Gasteiger charge is 2.05. The third-order valence-electron chi connectivity index (χ3n) is 2.39. The molecule has 0 aliphatic rings. The van der Waals surface area contributed by atoms with Crippen LogP contribution in [0.15, 0.2) is 18.5 Å². The molecule has 4 heteroatoms. The van der Waals surface area contributed by atoms with E-state index in [0.717, 1.165) is 26.2 Å². The number of nitrogens with two attached hydrogens (primary N) is 1. The van der Waals surface area contributed by atoms with Crippen LogP contribution in [0.2, 0.25) is 0 Å². The number of aromatic nitrogens is 1. The highest BCUT2D eigenvalue weighted by molar-refractivity contribution is 5.16. The van der Waals surface area contributed by atoms with Crippen molar-refractivity contribution in [2.75, 3.05) is 33.4 Å². The summed E-state index contributed by atoms with van der Waals surface area (Å²) in [7, 11) is 1.72. The van der Waals surface area contributed by atoms with Crippen molar-refractivity contribution in [2.45, 2.75) is 13.5 Å². The van der Waals surface area contributed by atoms with E-state index in [2.05, 4.69) is 22.9 Å². The first-order valence-corrected chi connectivity index (χ1v) is 5.58. The third kappa shape index (κ3) is 4.70. The second-order valence-electron chi connectivity index (χ2n) is 3.93. The summed E-state index contributed by atoms with van der Waals surface area (Å²) < 4.78 is 5.08. The van der Waals surface area contributed by atoms with Gasteiger partial charge in [-0.15, -0.1) is 0 Å². The van der Waals surface area contributed by atoms with Crippen LogP contribution in [0.3, 0.4) is 0 Å². The van der Waals surface area contributed by atoms with Gasteiger partial charge in [0.05, 0.1) is 6.61 Å². The second-order valence-corrected chi connectivity index (χ2v) is 3.93. The van der Waals surface area contributed by atoms with E-state index in [-0.39, 0.29) is 0 Å². The molecule has 0 spiro atoms. The number of rotatable bonds is 7. The van der Waals surface area contributed by atoms with Gasteiger partial charge in [0.1, 0.15) is 0 Å². The van der Waals surface area contributed by atoms with Gasteiger partial charge in [-0.1, -0.05) is 6.07 Å². The first-order chi connectivity index (χ1) is 7.76. The average Bonchev–Trinajstić information content (AvgIpc) is 2.26. The molecule has 0 fully saturated rings. The number of ether oxygens (including phenoxy) is 1. The van der Waals surface area contributed by atoms with Gasteiger partial charge in [0.15, 0.2) is 0 Å². The van der Waals surface area contributed by atoms with Gasteiger partial charge in [-0.3, -0.25) is 9.88 Å². The van der Waals surface area contributed by atoms with Gasteiger partial charge in [-0.05, 0) is 18.1 Å². The quantitative estimate of drug-likeness (QED) is 0.743. The Morgan fingerprint density at radius 1 is 1.38 bits per heavy atom. The highest BCUT2D eigenvalue weighted by atomic mass is 16.5. The van der Waals surface area contributed by atoms with Crippen molar-refractivity contribution >= 4 is 0 Å². The van der Waals surface area contributed by atoms with Crippen LogP contribution in [-0.4, -0.2) is 43.2 Å². The van der Waals surface area contributed by atoms with Crippen molar-refractivity contribution in [1.29, 1.82) is 0 Å². The van der Waals surface area contributed by atoms with Crippen molar-refractivity contribution in [2.24, 2.45) is 5.73 Å². The first kappa shape index (κ1) is 13.1. The minimum absolute atomic E-state index is 0.670. The number of hydrogen-bond donors (Lipinski definition) is 1. The summed E-state index contributed by atoms with van der Waals surface area (Å²) in [5, 5.41) is 0. The highest BCUT2D eigenvalue weighted by Crippen LogP contribution is 2.05. The van der Waals surface area contributed by atoms with E-state index in [9.17, 15) is 0 Å². The molecule has 0 aliphatic heterocycles. The smallest absolute Gasteiger partial charge is 0.0589 e. The average molecular weight is 223 g/mol. The lowest BCUT2D eigenvalue weighted by atomic mass is 10.2. The molecule has 2 N–H and O–H groups in total. The fourth-order valence-corrected chi connectivity index (χ4v) is 1.64. The lowest BCUT2D eigenvalue weighted by Crippen LogP contribution is -2.32. The molecule has 0 saturated heterocycles. The summed E-state index contributed by atoms with van der Waals surface area (Å²) in [6, 6.07) is 2.16. The van der Waals surface area contributed by atoms with Crippen LogP contribution in [0.4, 0.5) is 0 Å². The number of hydrogen-bond acceptors (Lipinski definition) is 4. The van der Waals surface area contributed by atoms with Crippen LogP contribution >= 0.6 is 0 Å². The number of aryl methyl sites for hydroxylation is 1. The molecular formula is C12H21N3O. The Labute approximate surface area is 97.4 Å². The van der Waals surface area contributed by atoms with Crippen LogP contribution in [0.5, 0.6) is 0 Å². The maximum Gasteiger partial charge on any atom is 0.0589 e. The summed E-state index contributed by atoms with van der Waals surface area (Å²) in [6.45, 7) is 6.13. The molecular weight excluding hydrogens is 202 g/mol. The molecule has 4 nitrogen and oxygen atoms in total. The normalized spacial score (nSPS) is 11.0. The SMILES string of the molecule is COCCN(CCN)Cc1cncc(C)c1. The molecule has 0 aliphatic carbocycles. The summed E-state index contributed by atoms with van der Waals surface area (Å²) in [5.41, 5.74) is 8.00. The fourth-order valence-electron chi connectivity index (χ4n) is 1.64. The molecule has 0 radical (unpaired) electrons. The van der Waals surface area contributed by atoms with Gasteiger partial charge in [0, 0.05) is 45.7 Å². The molecule has 0 atom stereocenters. The third-order valence-corrected chi connectivity index (χ3v) is 2.39. The zero-order valence-corrected chi connectivity index (χ0v) is 10.1. The number of methoxy groups -OCH3 is 1. The van der Waals surface area contributed by atoms with E-state index >= 15 is 0 Å². The molecule has 1 rings (SSSR count). The standard InChI is InChI=1S/C12H21N3O/c1-11-7-12(9-14-8-11)10-15(4-3-13)5-6-16-2/h7-9H,3-6,10,13H2,1-2H3. The van der Waals surface area contributed by atoms with Gasteiger partial charge in [0.2, 0.25) is 0 Å². The Balaban J connectivity index is 2.52. The van der Waals surface area contributed by atoms with Crippen molar-refractivity contribution in [1.82, 2.24) is 9.88 Å². The largest absolute Gasteiger partial charge is 0.383 e. The van der Waals surface area contributed by atoms with Gasteiger partial charge >= 0.3 is 0 Å². The molecule has 1 aromatic rings. The van der Waals surface area contributed by atoms with Gasteiger partial charge in [-0.25, -0.2) is 0 Å². The van der Waals surface area contributed by atoms with E-state index < -0.39 is 0 Å². The zero-order chi connectivity index (χ0) is 11.8. The Morgan fingerprint density at radius 3 is 2.81 bits per heavy atom. The first-order valence-electron chi connectivity index (χ1n) is 5.58. The topological polar surface area (TPSA) is 51.4 Å². The molecule has 90 valence electrons. The molecule has 0 aromatic carbocycles. The minimum atomic E-state index is 0.670. The Hall–Kier alpha value is -0.970. The second kappa shape index (κ2) is 7.33. The van der Waals surface area contributed by atoms with Crippen LogP contribution < -0.4 is 5.73 Å². The maximum atomic E-state index is 5.59. The van der Waals surface area contributed by atoms with Gasteiger partial charge < -0.3 is 10.5 Å². The van der Waals surface area contributed by atoms with Crippen LogP contribution in [0.1, 0.15) is 11.1 Å². The van der Waals surface area contributed by atoms with Crippen molar-refractivity contribution in [3.05, 3.63) is 29.6 Å². The lowest BCUT2D eigenvalue weighted by Gasteiger charge is -2.21. The molecule has 1 aromatic heterocycles. The Morgan fingerprint density at radius 2 is 2.19 bits per heavy atom. The van der Waals surface area contributed by atoms with Gasteiger partial charge in [-0.2, -0.15) is 0 Å². The molecule has 0 bridgehead atoms. The van der Waals surface area contributed by atoms with Crippen LogP contribution in [0, 0.1) is 6.92 Å². The minimum Gasteiger partial charge on any atom is -0.383 e. The summed E-state index contributed by atoms with van der Waals surface area (Å²) in [4.78, 5) is 6.47. The lowest BCUT2D eigenvalue weighted by molar-refractivity contribution is 0.146. The van der Waals surface area contributed by atoms with Crippen LogP contribution in [0.25, 0.3) is 0 Å². The Kier molecular flexibility index (Phi) is 6.00. The predicted molar refractivity (Wildman–Crippen MR) is 65.2 cm³/mol. The number of pyridine rings is 1. The van der Waals surface area contributed by atoms with Crippen molar-refractivity contribution < 1.29 is 4.74 Å². The summed E-state index contributed by atoms with van der Waals surface area (Å²) in [5.74, 6) is 0. The fraction of sp³-hybridized carbons (Fsp3) is 0.583. The molecule has 0 unspecified atom stereocenters. The monoisotopic (exact) mass is 223 g/mol. The van der Waals surface area contributed by atoms with Crippen molar-refractivity contribution in [3.63, 3.8) is 0 Å².